The molecule has 0 radical (unpaired) electrons. The van der Waals surface area contributed by atoms with Gasteiger partial charge in [0.25, 0.3) is 0 Å². The Morgan fingerprint density at radius 2 is 2.32 bits per heavy atom. The molecule has 1 saturated heterocycles. The molecule has 1 amide bonds. The Hall–Kier alpha value is -1.55. The number of carbonyl (C=O) groups is 1. The Bertz CT molecular complexity index is 439. The number of phenols is 1. The van der Waals surface area contributed by atoms with Gasteiger partial charge in [-0.3, -0.25) is 4.79 Å². The largest absolute Gasteiger partial charge is 0.508 e. The maximum absolute atomic E-state index is 11.8. The molecular formula is C15H21NO3. The summed E-state index contributed by atoms with van der Waals surface area (Å²) in [6, 6.07) is 5.07. The van der Waals surface area contributed by atoms with Crippen molar-refractivity contribution in [1.29, 1.82) is 0 Å². The quantitative estimate of drug-likeness (QED) is 0.821. The van der Waals surface area contributed by atoms with Crippen LogP contribution in [0.1, 0.15) is 37.7 Å². The smallest absolute Gasteiger partial charge is 0.224 e. The van der Waals surface area contributed by atoms with E-state index in [9.17, 15) is 9.90 Å². The van der Waals surface area contributed by atoms with Crippen LogP contribution < -0.4 is 5.32 Å². The molecule has 4 heteroatoms. The van der Waals surface area contributed by atoms with Gasteiger partial charge in [-0.05, 0) is 56.4 Å². The number of nitrogens with one attached hydrogen (secondary N) is 1. The molecule has 0 saturated carbocycles. The summed E-state index contributed by atoms with van der Waals surface area (Å²) in [6.45, 7) is 2.63. The number of phenolic OH excluding ortho intramolecular Hbond substituents is 1. The van der Waals surface area contributed by atoms with Gasteiger partial charge in [0.05, 0.1) is 6.10 Å². The lowest BCUT2D eigenvalue weighted by molar-refractivity contribution is -0.117. The molecule has 0 aromatic heterocycles. The first kappa shape index (κ1) is 13.9. The SMILES string of the molecule is Cc1cc(NC(=O)CCC2CCCCO2)ccc1O. The van der Waals surface area contributed by atoms with E-state index in [4.69, 9.17) is 4.74 Å². The topological polar surface area (TPSA) is 58.6 Å². The Kier molecular flexibility index (Phi) is 4.80. The molecule has 0 spiro atoms. The van der Waals surface area contributed by atoms with E-state index < -0.39 is 0 Å². The minimum Gasteiger partial charge on any atom is -0.508 e. The van der Waals surface area contributed by atoms with E-state index in [1.165, 1.54) is 6.42 Å². The average molecular weight is 263 g/mol. The van der Waals surface area contributed by atoms with Crippen molar-refractivity contribution >= 4 is 11.6 Å². The van der Waals surface area contributed by atoms with E-state index in [0.29, 0.717) is 6.42 Å². The zero-order valence-corrected chi connectivity index (χ0v) is 11.3. The molecule has 19 heavy (non-hydrogen) atoms. The summed E-state index contributed by atoms with van der Waals surface area (Å²) in [5.41, 5.74) is 1.48. The number of rotatable bonds is 4. The third kappa shape index (κ3) is 4.24. The van der Waals surface area contributed by atoms with Crippen LogP contribution in [0.15, 0.2) is 18.2 Å². The number of benzene rings is 1. The molecule has 1 atom stereocenters. The van der Waals surface area contributed by atoms with Crippen molar-refractivity contribution in [2.75, 3.05) is 11.9 Å². The molecule has 0 bridgehead atoms. The number of carbonyl (C=O) groups excluding carboxylic acids is 1. The second-order valence-corrected chi connectivity index (χ2v) is 5.08. The highest BCUT2D eigenvalue weighted by molar-refractivity contribution is 5.90. The number of aryl methyl sites for hydroxylation is 1. The van der Waals surface area contributed by atoms with Crippen molar-refractivity contribution in [1.82, 2.24) is 0 Å². The summed E-state index contributed by atoms with van der Waals surface area (Å²) in [4.78, 5) is 11.8. The monoisotopic (exact) mass is 263 g/mol. The van der Waals surface area contributed by atoms with Crippen LogP contribution in [0.3, 0.4) is 0 Å². The van der Waals surface area contributed by atoms with Gasteiger partial charge in [0, 0.05) is 18.7 Å². The fourth-order valence-corrected chi connectivity index (χ4v) is 2.28. The minimum absolute atomic E-state index is 0.000682. The highest BCUT2D eigenvalue weighted by Gasteiger charge is 2.15. The molecular weight excluding hydrogens is 242 g/mol. The van der Waals surface area contributed by atoms with Gasteiger partial charge in [-0.2, -0.15) is 0 Å². The number of anilines is 1. The predicted octanol–water partition coefficient (Wildman–Crippen LogP) is 2.99. The molecule has 4 nitrogen and oxygen atoms in total. The lowest BCUT2D eigenvalue weighted by Gasteiger charge is -2.22. The molecule has 1 aromatic rings. The average Bonchev–Trinajstić information content (AvgIpc) is 2.42. The van der Waals surface area contributed by atoms with Crippen LogP contribution >= 0.6 is 0 Å². The molecule has 2 N–H and O–H groups in total. The van der Waals surface area contributed by atoms with Gasteiger partial charge in [-0.25, -0.2) is 0 Å². The number of ether oxygens (including phenoxy) is 1. The van der Waals surface area contributed by atoms with Crippen LogP contribution in [0.5, 0.6) is 5.75 Å². The molecule has 104 valence electrons. The van der Waals surface area contributed by atoms with Gasteiger partial charge in [-0.1, -0.05) is 0 Å². The molecule has 2 rings (SSSR count). The number of hydrogen-bond acceptors (Lipinski definition) is 3. The molecule has 1 fully saturated rings. The summed E-state index contributed by atoms with van der Waals surface area (Å²) in [5.74, 6) is 0.243. The van der Waals surface area contributed by atoms with Crippen molar-refractivity contribution < 1.29 is 14.6 Å². The van der Waals surface area contributed by atoms with Crippen LogP contribution in [-0.4, -0.2) is 23.7 Å². The zero-order valence-electron chi connectivity index (χ0n) is 11.3. The minimum atomic E-state index is -0.000682. The van der Waals surface area contributed by atoms with Crippen LogP contribution in [0.4, 0.5) is 5.69 Å². The van der Waals surface area contributed by atoms with Crippen LogP contribution in [0, 0.1) is 6.92 Å². The third-order valence-electron chi connectivity index (χ3n) is 3.45. The second kappa shape index (κ2) is 6.57. The molecule has 1 heterocycles. The fourth-order valence-electron chi connectivity index (χ4n) is 2.28. The number of hydrogen-bond donors (Lipinski definition) is 2. The van der Waals surface area contributed by atoms with E-state index in [2.05, 4.69) is 5.32 Å². The molecule has 1 aliphatic rings. The van der Waals surface area contributed by atoms with E-state index in [-0.39, 0.29) is 17.8 Å². The standard InChI is InChI=1S/C15H21NO3/c1-11-10-12(5-7-14(11)17)16-15(18)8-6-13-4-2-3-9-19-13/h5,7,10,13,17H,2-4,6,8-9H2,1H3,(H,16,18). The van der Waals surface area contributed by atoms with Crippen LogP contribution in [0.25, 0.3) is 0 Å². The van der Waals surface area contributed by atoms with E-state index >= 15 is 0 Å². The molecule has 1 unspecified atom stereocenters. The lowest BCUT2D eigenvalue weighted by Crippen LogP contribution is -2.21. The predicted molar refractivity (Wildman–Crippen MR) is 74.3 cm³/mol. The first-order valence-electron chi connectivity index (χ1n) is 6.86. The maximum atomic E-state index is 11.8. The molecule has 1 aliphatic heterocycles. The van der Waals surface area contributed by atoms with Gasteiger partial charge >= 0.3 is 0 Å². The first-order chi connectivity index (χ1) is 9.15. The van der Waals surface area contributed by atoms with Gasteiger partial charge < -0.3 is 15.2 Å². The summed E-state index contributed by atoms with van der Waals surface area (Å²) >= 11 is 0. The summed E-state index contributed by atoms with van der Waals surface area (Å²) in [6.07, 6.45) is 4.89. The molecule has 0 aliphatic carbocycles. The maximum Gasteiger partial charge on any atom is 0.224 e. The number of amides is 1. The zero-order chi connectivity index (χ0) is 13.7. The molecule has 1 aromatic carbocycles. The van der Waals surface area contributed by atoms with Gasteiger partial charge in [0.1, 0.15) is 5.75 Å². The summed E-state index contributed by atoms with van der Waals surface area (Å²) in [5, 5.41) is 12.3. The summed E-state index contributed by atoms with van der Waals surface area (Å²) < 4.78 is 5.60. The van der Waals surface area contributed by atoms with E-state index in [0.717, 1.165) is 37.1 Å². The van der Waals surface area contributed by atoms with Gasteiger partial charge in [-0.15, -0.1) is 0 Å². The first-order valence-corrected chi connectivity index (χ1v) is 6.86. The second-order valence-electron chi connectivity index (χ2n) is 5.08. The van der Waals surface area contributed by atoms with Gasteiger partial charge in [0.15, 0.2) is 0 Å². The van der Waals surface area contributed by atoms with Gasteiger partial charge in [0.2, 0.25) is 5.91 Å². The van der Waals surface area contributed by atoms with E-state index in [1.807, 2.05) is 0 Å². The highest BCUT2D eigenvalue weighted by Crippen LogP contribution is 2.21. The van der Waals surface area contributed by atoms with Crippen molar-refractivity contribution in [3.8, 4) is 5.75 Å². The highest BCUT2D eigenvalue weighted by atomic mass is 16.5. The Labute approximate surface area is 113 Å². The van der Waals surface area contributed by atoms with Crippen LogP contribution in [-0.2, 0) is 9.53 Å². The van der Waals surface area contributed by atoms with Crippen molar-refractivity contribution in [2.24, 2.45) is 0 Å². The summed E-state index contributed by atoms with van der Waals surface area (Å²) in [7, 11) is 0. The fraction of sp³-hybridized carbons (Fsp3) is 0.533. The van der Waals surface area contributed by atoms with Crippen molar-refractivity contribution in [3.05, 3.63) is 23.8 Å². The van der Waals surface area contributed by atoms with Crippen molar-refractivity contribution in [2.45, 2.75) is 45.1 Å². The Morgan fingerprint density at radius 1 is 1.47 bits per heavy atom. The normalized spacial score (nSPS) is 19.1. The van der Waals surface area contributed by atoms with Crippen molar-refractivity contribution in [3.63, 3.8) is 0 Å². The Morgan fingerprint density at radius 3 is 3.00 bits per heavy atom. The third-order valence-corrected chi connectivity index (χ3v) is 3.45. The lowest BCUT2D eigenvalue weighted by atomic mass is 10.0. The van der Waals surface area contributed by atoms with Crippen LogP contribution in [0.2, 0.25) is 0 Å². The van der Waals surface area contributed by atoms with E-state index in [1.54, 1.807) is 25.1 Å². The Balaban J connectivity index is 1.78. The number of aromatic hydroxyl groups is 1.